The summed E-state index contributed by atoms with van der Waals surface area (Å²) >= 11 is 2.03. The van der Waals surface area contributed by atoms with Gasteiger partial charge in [0.25, 0.3) is 0 Å². The number of ether oxygens (including phenoxy) is 1. The van der Waals surface area contributed by atoms with E-state index in [1.807, 2.05) is 18.1 Å². The topological polar surface area (TPSA) is 41.2 Å². The molecule has 1 aromatic heterocycles. The number of aromatic nitrogens is 2. The summed E-state index contributed by atoms with van der Waals surface area (Å²) in [7, 11) is 0. The molecule has 1 saturated heterocycles. The molecule has 106 valence electrons. The van der Waals surface area contributed by atoms with Gasteiger partial charge in [-0.2, -0.15) is 11.8 Å². The lowest BCUT2D eigenvalue weighted by molar-refractivity contribution is -0.0379. The quantitative estimate of drug-likeness (QED) is 0.857. The molecule has 2 aliphatic rings. The van der Waals surface area contributed by atoms with Gasteiger partial charge in [0.15, 0.2) is 0 Å². The van der Waals surface area contributed by atoms with Crippen molar-refractivity contribution in [2.45, 2.75) is 31.7 Å². The molecule has 1 spiro atoms. The summed E-state index contributed by atoms with van der Waals surface area (Å²) in [5, 5.41) is 0. The molecule has 19 heavy (non-hydrogen) atoms. The van der Waals surface area contributed by atoms with Crippen LogP contribution in [-0.4, -0.2) is 52.7 Å². The number of aromatic amines is 1. The van der Waals surface area contributed by atoms with Gasteiger partial charge in [0.05, 0.1) is 17.6 Å². The van der Waals surface area contributed by atoms with Crippen molar-refractivity contribution in [2.75, 3.05) is 37.8 Å². The first kappa shape index (κ1) is 13.5. The van der Waals surface area contributed by atoms with E-state index in [0.29, 0.717) is 0 Å². The van der Waals surface area contributed by atoms with Crippen LogP contribution in [0, 0.1) is 0 Å². The molecule has 5 heteroatoms. The van der Waals surface area contributed by atoms with Crippen LogP contribution < -0.4 is 0 Å². The van der Waals surface area contributed by atoms with Gasteiger partial charge in [-0.05, 0) is 18.6 Å². The van der Waals surface area contributed by atoms with Crippen molar-refractivity contribution in [2.24, 2.45) is 0 Å². The fraction of sp³-hybridized carbons (Fsp3) is 0.786. The van der Waals surface area contributed by atoms with E-state index in [0.717, 1.165) is 39.0 Å². The molecule has 4 nitrogen and oxygen atoms in total. The van der Waals surface area contributed by atoms with Crippen molar-refractivity contribution < 1.29 is 4.74 Å². The summed E-state index contributed by atoms with van der Waals surface area (Å²) in [6, 6.07) is 0. The highest BCUT2D eigenvalue weighted by atomic mass is 32.2. The Morgan fingerprint density at radius 1 is 1.47 bits per heavy atom. The maximum atomic E-state index is 5.59. The zero-order chi connectivity index (χ0) is 13.1. The lowest BCUT2D eigenvalue weighted by atomic mass is 9.80. The van der Waals surface area contributed by atoms with Gasteiger partial charge in [0, 0.05) is 44.2 Å². The Hall–Kier alpha value is -0.520. The lowest BCUT2D eigenvalue weighted by Crippen LogP contribution is -2.54. The fourth-order valence-electron chi connectivity index (χ4n) is 3.43. The zero-order valence-corrected chi connectivity index (χ0v) is 12.5. The molecule has 2 aliphatic heterocycles. The smallest absolute Gasteiger partial charge is 0.0926 e. The number of thioether (sulfide) groups is 1. The highest BCUT2D eigenvalue weighted by molar-refractivity contribution is 7.99. The van der Waals surface area contributed by atoms with Crippen molar-refractivity contribution in [3.63, 3.8) is 0 Å². The van der Waals surface area contributed by atoms with Gasteiger partial charge in [-0.1, -0.05) is 6.92 Å². The van der Waals surface area contributed by atoms with Crippen LogP contribution >= 0.6 is 11.8 Å². The fourth-order valence-corrected chi connectivity index (χ4v) is 4.07. The molecular weight excluding hydrogens is 258 g/mol. The minimum Gasteiger partial charge on any atom is -0.381 e. The predicted octanol–water partition coefficient (Wildman–Crippen LogP) is 2.03. The Kier molecular flexibility index (Phi) is 4.15. The molecule has 0 bridgehead atoms. The van der Waals surface area contributed by atoms with Gasteiger partial charge in [-0.15, -0.1) is 0 Å². The molecular formula is C14H23N3OS. The summed E-state index contributed by atoms with van der Waals surface area (Å²) in [6.45, 7) is 6.29. The van der Waals surface area contributed by atoms with Gasteiger partial charge in [0.2, 0.25) is 0 Å². The molecule has 0 aliphatic carbocycles. The number of hydrogen-bond donors (Lipinski definition) is 1. The minimum absolute atomic E-state index is 0.139. The molecule has 0 radical (unpaired) electrons. The van der Waals surface area contributed by atoms with Crippen molar-refractivity contribution in [1.82, 2.24) is 14.9 Å². The molecule has 3 heterocycles. The predicted molar refractivity (Wildman–Crippen MR) is 78.6 cm³/mol. The van der Waals surface area contributed by atoms with Crippen LogP contribution in [0.1, 0.15) is 31.2 Å². The number of nitrogens with zero attached hydrogens (tertiary/aromatic N) is 2. The molecule has 1 N–H and O–H groups in total. The van der Waals surface area contributed by atoms with E-state index < -0.39 is 0 Å². The molecule has 1 fully saturated rings. The first-order valence-corrected chi connectivity index (χ1v) is 8.45. The standard InChI is InChI=1S/C14H23N3OS/c1-2-19-10-7-17-6-3-12-13(16-11-15-12)14(17)4-8-18-9-5-14/h11H,2-10H2,1H3,(H,15,16). The summed E-state index contributed by atoms with van der Waals surface area (Å²) in [5.41, 5.74) is 2.78. The number of H-pyrrole nitrogens is 1. The van der Waals surface area contributed by atoms with Gasteiger partial charge >= 0.3 is 0 Å². The third kappa shape index (κ3) is 2.43. The van der Waals surface area contributed by atoms with E-state index in [2.05, 4.69) is 21.8 Å². The molecule has 0 saturated carbocycles. The second kappa shape index (κ2) is 5.85. The lowest BCUT2D eigenvalue weighted by Gasteiger charge is -2.48. The highest BCUT2D eigenvalue weighted by Gasteiger charge is 2.45. The van der Waals surface area contributed by atoms with Crippen molar-refractivity contribution >= 4 is 11.8 Å². The normalized spacial score (nSPS) is 22.6. The van der Waals surface area contributed by atoms with Gasteiger partial charge in [-0.3, -0.25) is 4.90 Å². The maximum absolute atomic E-state index is 5.59. The maximum Gasteiger partial charge on any atom is 0.0926 e. The largest absolute Gasteiger partial charge is 0.381 e. The molecule has 0 amide bonds. The summed E-state index contributed by atoms with van der Waals surface area (Å²) in [6.07, 6.45) is 5.14. The Morgan fingerprint density at radius 2 is 2.32 bits per heavy atom. The highest BCUT2D eigenvalue weighted by Crippen LogP contribution is 2.41. The number of hydrogen-bond acceptors (Lipinski definition) is 4. The second-order valence-electron chi connectivity index (χ2n) is 5.31. The van der Waals surface area contributed by atoms with E-state index in [-0.39, 0.29) is 5.54 Å². The Labute approximate surface area is 119 Å². The van der Waals surface area contributed by atoms with Crippen LogP contribution in [0.5, 0.6) is 0 Å². The average Bonchev–Trinajstić information content (AvgIpc) is 2.92. The van der Waals surface area contributed by atoms with Crippen LogP contribution in [-0.2, 0) is 16.7 Å². The van der Waals surface area contributed by atoms with Gasteiger partial charge < -0.3 is 9.72 Å². The Morgan fingerprint density at radius 3 is 3.11 bits per heavy atom. The van der Waals surface area contributed by atoms with E-state index >= 15 is 0 Å². The molecule has 0 atom stereocenters. The van der Waals surface area contributed by atoms with Crippen LogP contribution in [0.2, 0.25) is 0 Å². The zero-order valence-electron chi connectivity index (χ0n) is 11.7. The third-order valence-electron chi connectivity index (χ3n) is 4.43. The van der Waals surface area contributed by atoms with Gasteiger partial charge in [0.1, 0.15) is 0 Å². The SMILES string of the molecule is CCSCCN1CCc2[nH]cnc2C12CCOCC2. The van der Waals surface area contributed by atoms with Crippen LogP contribution in [0.25, 0.3) is 0 Å². The number of fused-ring (bicyclic) bond motifs is 2. The van der Waals surface area contributed by atoms with Crippen LogP contribution in [0.4, 0.5) is 0 Å². The number of imidazole rings is 1. The van der Waals surface area contributed by atoms with E-state index in [9.17, 15) is 0 Å². The third-order valence-corrected chi connectivity index (χ3v) is 5.31. The molecule has 3 rings (SSSR count). The summed E-state index contributed by atoms with van der Waals surface area (Å²) in [5.74, 6) is 2.43. The van der Waals surface area contributed by atoms with E-state index in [1.165, 1.54) is 29.4 Å². The number of rotatable bonds is 4. The minimum atomic E-state index is 0.139. The summed E-state index contributed by atoms with van der Waals surface area (Å²) in [4.78, 5) is 10.7. The molecule has 1 aromatic rings. The van der Waals surface area contributed by atoms with Crippen molar-refractivity contribution in [3.8, 4) is 0 Å². The van der Waals surface area contributed by atoms with Crippen LogP contribution in [0.15, 0.2) is 6.33 Å². The van der Waals surface area contributed by atoms with Crippen molar-refractivity contribution in [3.05, 3.63) is 17.7 Å². The van der Waals surface area contributed by atoms with E-state index in [1.54, 1.807) is 0 Å². The first-order valence-electron chi connectivity index (χ1n) is 7.30. The second-order valence-corrected chi connectivity index (χ2v) is 6.70. The molecule has 0 aromatic carbocycles. The summed E-state index contributed by atoms with van der Waals surface area (Å²) < 4.78 is 5.59. The molecule has 0 unspecified atom stereocenters. The van der Waals surface area contributed by atoms with Crippen molar-refractivity contribution in [1.29, 1.82) is 0 Å². The Bertz CT molecular complexity index is 415. The van der Waals surface area contributed by atoms with E-state index in [4.69, 9.17) is 4.74 Å². The average molecular weight is 281 g/mol. The van der Waals surface area contributed by atoms with Gasteiger partial charge in [-0.25, -0.2) is 4.98 Å². The monoisotopic (exact) mass is 281 g/mol. The van der Waals surface area contributed by atoms with Crippen LogP contribution in [0.3, 0.4) is 0 Å². The first-order chi connectivity index (χ1) is 9.37. The number of nitrogens with one attached hydrogen (secondary N) is 1. The Balaban J connectivity index is 1.83.